The summed E-state index contributed by atoms with van der Waals surface area (Å²) in [5, 5.41) is 2.90. The van der Waals surface area contributed by atoms with Crippen molar-refractivity contribution < 1.29 is 13.2 Å². The van der Waals surface area contributed by atoms with Crippen molar-refractivity contribution in [1.29, 1.82) is 0 Å². The number of nitrogens with zero attached hydrogens (tertiary/aromatic N) is 1. The summed E-state index contributed by atoms with van der Waals surface area (Å²) >= 11 is 0. The first-order valence-electron chi connectivity index (χ1n) is 7.98. The zero-order valence-corrected chi connectivity index (χ0v) is 15.5. The predicted octanol–water partition coefficient (Wildman–Crippen LogP) is 1.22. The van der Waals surface area contributed by atoms with Gasteiger partial charge in [-0.2, -0.15) is 4.31 Å². The Morgan fingerprint density at radius 1 is 1.29 bits per heavy atom. The monoisotopic (exact) mass is 375 g/mol. The standard InChI is InChI=1S/C16H25N3O3S.ClH/c1-13(11-17)16(20)18-12-14-7-9-19(10-8-14)23(21,22)15-5-3-2-4-6-15;/h2-6,13-14H,7-12,17H2,1H3,(H,18,20);1H. The van der Waals surface area contributed by atoms with Gasteiger partial charge in [0.15, 0.2) is 0 Å². The van der Waals surface area contributed by atoms with Crippen molar-refractivity contribution in [3.8, 4) is 0 Å². The Hall–Kier alpha value is -1.15. The molecule has 1 aromatic carbocycles. The molecule has 1 aliphatic rings. The van der Waals surface area contributed by atoms with Gasteiger partial charge in [-0.1, -0.05) is 25.1 Å². The number of carbonyl (C=O) groups is 1. The van der Waals surface area contributed by atoms with E-state index in [2.05, 4.69) is 5.32 Å². The van der Waals surface area contributed by atoms with Gasteiger partial charge in [-0.3, -0.25) is 4.79 Å². The number of carbonyl (C=O) groups excluding carboxylic acids is 1. The van der Waals surface area contributed by atoms with E-state index in [1.807, 2.05) is 0 Å². The van der Waals surface area contributed by atoms with Crippen molar-refractivity contribution in [2.45, 2.75) is 24.7 Å². The minimum absolute atomic E-state index is 0. The van der Waals surface area contributed by atoms with Gasteiger partial charge in [-0.05, 0) is 30.9 Å². The van der Waals surface area contributed by atoms with E-state index >= 15 is 0 Å². The molecule has 0 aromatic heterocycles. The lowest BCUT2D eigenvalue weighted by Crippen LogP contribution is -2.42. The average Bonchev–Trinajstić information content (AvgIpc) is 2.60. The third-order valence-electron chi connectivity index (χ3n) is 4.32. The van der Waals surface area contributed by atoms with E-state index in [1.165, 1.54) is 4.31 Å². The van der Waals surface area contributed by atoms with Crippen LogP contribution in [0, 0.1) is 11.8 Å². The van der Waals surface area contributed by atoms with E-state index in [0.717, 1.165) is 12.8 Å². The molecule has 1 fully saturated rings. The van der Waals surface area contributed by atoms with Crippen molar-refractivity contribution in [3.63, 3.8) is 0 Å². The number of benzene rings is 1. The minimum Gasteiger partial charge on any atom is -0.356 e. The van der Waals surface area contributed by atoms with Gasteiger partial charge < -0.3 is 11.1 Å². The summed E-state index contributed by atoms with van der Waals surface area (Å²) in [6.45, 7) is 3.70. The smallest absolute Gasteiger partial charge is 0.243 e. The van der Waals surface area contributed by atoms with Crippen molar-refractivity contribution >= 4 is 28.3 Å². The van der Waals surface area contributed by atoms with Gasteiger partial charge >= 0.3 is 0 Å². The zero-order valence-electron chi connectivity index (χ0n) is 13.8. The molecule has 1 aromatic rings. The third-order valence-corrected chi connectivity index (χ3v) is 6.23. The van der Waals surface area contributed by atoms with E-state index in [-0.39, 0.29) is 24.2 Å². The van der Waals surface area contributed by atoms with E-state index in [4.69, 9.17) is 5.73 Å². The first-order chi connectivity index (χ1) is 10.9. The number of rotatable bonds is 6. The summed E-state index contributed by atoms with van der Waals surface area (Å²) in [6, 6.07) is 8.50. The summed E-state index contributed by atoms with van der Waals surface area (Å²) < 4.78 is 26.6. The number of piperidine rings is 1. The summed E-state index contributed by atoms with van der Waals surface area (Å²) in [6.07, 6.45) is 1.51. The van der Waals surface area contributed by atoms with Crippen LogP contribution in [0.2, 0.25) is 0 Å². The molecule has 1 atom stereocenters. The van der Waals surface area contributed by atoms with Crippen molar-refractivity contribution in [3.05, 3.63) is 30.3 Å². The van der Waals surface area contributed by atoms with E-state index in [1.54, 1.807) is 37.3 Å². The first-order valence-corrected chi connectivity index (χ1v) is 9.42. The summed E-state index contributed by atoms with van der Waals surface area (Å²) in [5.74, 6) is 0.0894. The van der Waals surface area contributed by atoms with Gasteiger partial charge in [0.05, 0.1) is 4.90 Å². The molecule has 136 valence electrons. The van der Waals surface area contributed by atoms with Crippen LogP contribution in [0.1, 0.15) is 19.8 Å². The summed E-state index contributed by atoms with van der Waals surface area (Å²) in [7, 11) is -3.40. The van der Waals surface area contributed by atoms with Crippen LogP contribution in [0.15, 0.2) is 35.2 Å². The molecular weight excluding hydrogens is 350 g/mol. The van der Waals surface area contributed by atoms with Crippen LogP contribution >= 0.6 is 12.4 Å². The molecule has 1 amide bonds. The fraction of sp³-hybridized carbons (Fsp3) is 0.562. The fourth-order valence-electron chi connectivity index (χ4n) is 2.62. The van der Waals surface area contributed by atoms with Crippen LogP contribution in [0.25, 0.3) is 0 Å². The molecule has 1 heterocycles. The van der Waals surface area contributed by atoms with Gasteiger partial charge in [0.25, 0.3) is 0 Å². The van der Waals surface area contributed by atoms with Crippen molar-refractivity contribution in [2.75, 3.05) is 26.2 Å². The molecule has 0 aliphatic carbocycles. The maximum Gasteiger partial charge on any atom is 0.243 e. The predicted molar refractivity (Wildman–Crippen MR) is 96.4 cm³/mol. The first kappa shape index (κ1) is 20.9. The molecule has 3 N–H and O–H groups in total. The third kappa shape index (κ3) is 5.17. The van der Waals surface area contributed by atoms with E-state index < -0.39 is 10.0 Å². The SMILES string of the molecule is CC(CN)C(=O)NCC1CCN(S(=O)(=O)c2ccccc2)CC1.Cl. The van der Waals surface area contributed by atoms with Crippen LogP contribution in [0.5, 0.6) is 0 Å². The topological polar surface area (TPSA) is 92.5 Å². The molecule has 0 radical (unpaired) electrons. The Bertz CT molecular complexity index is 617. The second-order valence-corrected chi connectivity index (χ2v) is 7.98. The molecule has 0 spiro atoms. The highest BCUT2D eigenvalue weighted by atomic mass is 35.5. The number of halogens is 1. The number of nitrogens with one attached hydrogen (secondary N) is 1. The van der Waals surface area contributed by atoms with Gasteiger partial charge in [0, 0.05) is 32.1 Å². The van der Waals surface area contributed by atoms with Crippen LogP contribution in [0.3, 0.4) is 0 Å². The summed E-state index contributed by atoms with van der Waals surface area (Å²) in [4.78, 5) is 12.1. The number of nitrogens with two attached hydrogens (primary N) is 1. The van der Waals surface area contributed by atoms with Crippen molar-refractivity contribution in [2.24, 2.45) is 17.6 Å². The van der Waals surface area contributed by atoms with Gasteiger partial charge in [-0.15, -0.1) is 12.4 Å². The summed E-state index contributed by atoms with van der Waals surface area (Å²) in [5.41, 5.74) is 5.47. The van der Waals surface area contributed by atoms with Crippen LogP contribution in [-0.4, -0.2) is 44.8 Å². The number of sulfonamides is 1. The number of hydrogen-bond donors (Lipinski definition) is 2. The van der Waals surface area contributed by atoms with E-state index in [9.17, 15) is 13.2 Å². The molecule has 24 heavy (non-hydrogen) atoms. The minimum atomic E-state index is -3.40. The molecule has 1 unspecified atom stereocenters. The Labute approximate surface area is 150 Å². The maximum atomic E-state index is 12.5. The largest absolute Gasteiger partial charge is 0.356 e. The molecule has 8 heteroatoms. The Morgan fingerprint density at radius 2 is 1.88 bits per heavy atom. The quantitative estimate of drug-likeness (QED) is 0.781. The Morgan fingerprint density at radius 3 is 2.42 bits per heavy atom. The zero-order chi connectivity index (χ0) is 16.9. The van der Waals surface area contributed by atoms with Crippen LogP contribution in [0.4, 0.5) is 0 Å². The molecule has 2 rings (SSSR count). The van der Waals surface area contributed by atoms with Gasteiger partial charge in [-0.25, -0.2) is 8.42 Å². The molecular formula is C16H26ClN3O3S. The Balaban J connectivity index is 0.00000288. The molecule has 1 saturated heterocycles. The fourth-order valence-corrected chi connectivity index (χ4v) is 4.11. The van der Waals surface area contributed by atoms with E-state index in [0.29, 0.717) is 37.0 Å². The molecule has 1 aliphatic heterocycles. The number of hydrogen-bond acceptors (Lipinski definition) is 4. The second-order valence-electron chi connectivity index (χ2n) is 6.04. The molecule has 6 nitrogen and oxygen atoms in total. The van der Waals surface area contributed by atoms with Gasteiger partial charge in [0.2, 0.25) is 15.9 Å². The number of amides is 1. The average molecular weight is 376 g/mol. The lowest BCUT2D eigenvalue weighted by molar-refractivity contribution is -0.124. The highest BCUT2D eigenvalue weighted by Crippen LogP contribution is 2.23. The van der Waals surface area contributed by atoms with Crippen molar-refractivity contribution in [1.82, 2.24) is 9.62 Å². The van der Waals surface area contributed by atoms with Crippen LogP contribution in [-0.2, 0) is 14.8 Å². The maximum absolute atomic E-state index is 12.5. The second kappa shape index (κ2) is 9.36. The van der Waals surface area contributed by atoms with Gasteiger partial charge in [0.1, 0.15) is 0 Å². The van der Waals surface area contributed by atoms with Crippen LogP contribution < -0.4 is 11.1 Å². The normalized spacial score (nSPS) is 17.8. The lowest BCUT2D eigenvalue weighted by atomic mass is 9.98. The highest BCUT2D eigenvalue weighted by Gasteiger charge is 2.29. The Kier molecular flexibility index (Phi) is 8.15. The molecule has 0 saturated carbocycles. The molecule has 0 bridgehead atoms. The lowest BCUT2D eigenvalue weighted by Gasteiger charge is -2.31. The highest BCUT2D eigenvalue weighted by molar-refractivity contribution is 7.89.